The number of nitrogens with zero attached hydrogens (tertiary/aromatic N) is 2. The van der Waals surface area contributed by atoms with Gasteiger partial charge in [0.25, 0.3) is 5.91 Å². The number of hydrogen-bond donors (Lipinski definition) is 0. The number of carbonyl (C=O) groups is 3. The van der Waals surface area contributed by atoms with E-state index in [-0.39, 0.29) is 24.3 Å². The highest BCUT2D eigenvalue weighted by molar-refractivity contribution is 6.02. The molecule has 0 unspecified atom stereocenters. The van der Waals surface area contributed by atoms with Crippen LogP contribution in [0, 0.1) is 0 Å². The first kappa shape index (κ1) is 19.2. The SMILES string of the molecule is CCCc1ccccc1OC(=O)N1CC[C@@H]2[C@H]1C(=O)CN2C(=O)c1ccccc1. The number of ether oxygens (including phenoxy) is 1. The van der Waals surface area contributed by atoms with Crippen LogP contribution in [0.3, 0.4) is 0 Å². The second-order valence-electron chi connectivity index (χ2n) is 7.49. The van der Waals surface area contributed by atoms with Gasteiger partial charge in [0.2, 0.25) is 0 Å². The minimum absolute atomic E-state index is 0.0270. The molecule has 2 aromatic rings. The minimum atomic E-state index is -0.631. The second-order valence-corrected chi connectivity index (χ2v) is 7.49. The van der Waals surface area contributed by atoms with Crippen molar-refractivity contribution in [2.75, 3.05) is 13.1 Å². The predicted molar refractivity (Wildman–Crippen MR) is 108 cm³/mol. The van der Waals surface area contributed by atoms with Crippen molar-refractivity contribution >= 4 is 17.8 Å². The van der Waals surface area contributed by atoms with Crippen molar-refractivity contribution in [3.8, 4) is 5.75 Å². The first-order valence-corrected chi connectivity index (χ1v) is 10.0. The van der Waals surface area contributed by atoms with Crippen molar-refractivity contribution in [2.45, 2.75) is 38.3 Å². The fraction of sp³-hybridized carbons (Fsp3) is 0.348. The first-order valence-electron chi connectivity index (χ1n) is 10.0. The average Bonchev–Trinajstić information content (AvgIpc) is 3.31. The molecule has 2 amide bonds. The molecular formula is C23H24N2O4. The Morgan fingerprint density at radius 2 is 1.76 bits per heavy atom. The van der Waals surface area contributed by atoms with Gasteiger partial charge in [-0.05, 0) is 36.6 Å². The van der Waals surface area contributed by atoms with Gasteiger partial charge in [-0.25, -0.2) is 4.79 Å². The van der Waals surface area contributed by atoms with Gasteiger partial charge in [-0.15, -0.1) is 0 Å². The maximum absolute atomic E-state index is 12.9. The van der Waals surface area contributed by atoms with E-state index >= 15 is 0 Å². The summed E-state index contributed by atoms with van der Waals surface area (Å²) in [6.45, 7) is 2.49. The summed E-state index contributed by atoms with van der Waals surface area (Å²) in [5.41, 5.74) is 1.52. The highest BCUT2D eigenvalue weighted by atomic mass is 16.6. The van der Waals surface area contributed by atoms with Gasteiger partial charge in [-0.1, -0.05) is 49.7 Å². The van der Waals surface area contributed by atoms with E-state index in [0.29, 0.717) is 24.3 Å². The lowest BCUT2D eigenvalue weighted by molar-refractivity contribution is -0.120. The van der Waals surface area contributed by atoms with E-state index in [1.165, 1.54) is 4.90 Å². The maximum atomic E-state index is 12.9. The molecule has 29 heavy (non-hydrogen) atoms. The summed E-state index contributed by atoms with van der Waals surface area (Å²) in [6, 6.07) is 15.5. The topological polar surface area (TPSA) is 66.9 Å². The van der Waals surface area contributed by atoms with Gasteiger partial charge in [0.05, 0.1) is 12.6 Å². The standard InChI is InChI=1S/C23H24N2O4/c1-2-8-16-9-6-7-12-20(16)29-23(28)24-14-13-18-21(24)19(26)15-25(18)22(27)17-10-4-3-5-11-17/h3-7,9-12,18,21H,2,8,13-15H2,1H3/t18-,21+/m1/s1. The number of fused-ring (bicyclic) bond motifs is 1. The van der Waals surface area contributed by atoms with Crippen LogP contribution in [-0.4, -0.2) is 52.8 Å². The smallest absolute Gasteiger partial charge is 0.410 e. The third-order valence-corrected chi connectivity index (χ3v) is 5.63. The number of hydrogen-bond acceptors (Lipinski definition) is 4. The number of amides is 2. The quantitative estimate of drug-likeness (QED) is 0.801. The van der Waals surface area contributed by atoms with E-state index in [0.717, 1.165) is 18.4 Å². The Balaban J connectivity index is 1.50. The molecule has 2 saturated heterocycles. The Kier molecular flexibility index (Phi) is 5.34. The summed E-state index contributed by atoms with van der Waals surface area (Å²) in [4.78, 5) is 41.5. The molecular weight excluding hydrogens is 368 g/mol. The molecule has 4 rings (SSSR count). The lowest BCUT2D eigenvalue weighted by Crippen LogP contribution is -2.44. The van der Waals surface area contributed by atoms with Crippen LogP contribution in [0.5, 0.6) is 5.75 Å². The number of carbonyl (C=O) groups excluding carboxylic acids is 3. The highest BCUT2D eigenvalue weighted by Crippen LogP contribution is 2.32. The molecule has 2 atom stereocenters. The maximum Gasteiger partial charge on any atom is 0.415 e. The van der Waals surface area contributed by atoms with Crippen LogP contribution in [0.1, 0.15) is 35.7 Å². The van der Waals surface area contributed by atoms with E-state index < -0.39 is 12.1 Å². The van der Waals surface area contributed by atoms with Crippen molar-refractivity contribution in [1.82, 2.24) is 9.80 Å². The Morgan fingerprint density at radius 1 is 1.03 bits per heavy atom. The normalized spacial score (nSPS) is 20.7. The second kappa shape index (κ2) is 8.07. The summed E-state index contributed by atoms with van der Waals surface area (Å²) in [7, 11) is 0. The van der Waals surface area contributed by atoms with Crippen LogP contribution in [0.25, 0.3) is 0 Å². The number of Topliss-reactive ketones (excluding diaryl/α,β-unsaturated/α-hetero) is 1. The summed E-state index contributed by atoms with van der Waals surface area (Å²) in [5, 5.41) is 0. The van der Waals surface area contributed by atoms with Crippen LogP contribution in [0.4, 0.5) is 4.79 Å². The molecule has 0 bridgehead atoms. The molecule has 2 fully saturated rings. The van der Waals surface area contributed by atoms with Gasteiger partial charge in [0, 0.05) is 12.1 Å². The molecule has 2 aromatic carbocycles. The Labute approximate surface area is 170 Å². The van der Waals surface area contributed by atoms with Crippen LogP contribution in [0.2, 0.25) is 0 Å². The van der Waals surface area contributed by atoms with Gasteiger partial charge in [-0.3, -0.25) is 14.5 Å². The molecule has 150 valence electrons. The lowest BCUT2D eigenvalue weighted by Gasteiger charge is -2.24. The zero-order chi connectivity index (χ0) is 20.4. The van der Waals surface area contributed by atoms with Crippen LogP contribution in [-0.2, 0) is 11.2 Å². The molecule has 0 spiro atoms. The molecule has 6 heteroatoms. The molecule has 0 saturated carbocycles. The molecule has 2 aliphatic heterocycles. The summed E-state index contributed by atoms with van der Waals surface area (Å²) in [5.74, 6) is 0.246. The van der Waals surface area contributed by atoms with E-state index in [1.54, 1.807) is 35.2 Å². The average molecular weight is 392 g/mol. The number of ketones is 1. The molecule has 0 aromatic heterocycles. The van der Waals surface area contributed by atoms with Gasteiger partial charge in [-0.2, -0.15) is 0 Å². The van der Waals surface area contributed by atoms with Crippen molar-refractivity contribution in [2.24, 2.45) is 0 Å². The summed E-state index contributed by atoms with van der Waals surface area (Å²) < 4.78 is 5.65. The zero-order valence-corrected chi connectivity index (χ0v) is 16.4. The number of aryl methyl sites for hydroxylation is 1. The fourth-order valence-corrected chi connectivity index (χ4v) is 4.28. The van der Waals surface area contributed by atoms with E-state index in [2.05, 4.69) is 6.92 Å². The van der Waals surface area contributed by atoms with Gasteiger partial charge in [0.15, 0.2) is 5.78 Å². The highest BCUT2D eigenvalue weighted by Gasteiger charge is 2.52. The van der Waals surface area contributed by atoms with Crippen LogP contribution in [0.15, 0.2) is 54.6 Å². The van der Waals surface area contributed by atoms with E-state index in [9.17, 15) is 14.4 Å². The van der Waals surface area contributed by atoms with Crippen molar-refractivity contribution in [3.05, 3.63) is 65.7 Å². The zero-order valence-electron chi connectivity index (χ0n) is 16.4. The molecule has 2 aliphatic rings. The fourth-order valence-electron chi connectivity index (χ4n) is 4.28. The van der Waals surface area contributed by atoms with Crippen molar-refractivity contribution in [1.29, 1.82) is 0 Å². The van der Waals surface area contributed by atoms with Crippen molar-refractivity contribution < 1.29 is 19.1 Å². The summed E-state index contributed by atoms with van der Waals surface area (Å²) >= 11 is 0. The van der Waals surface area contributed by atoms with Gasteiger partial charge in [0.1, 0.15) is 11.8 Å². The Morgan fingerprint density at radius 3 is 2.52 bits per heavy atom. The minimum Gasteiger partial charge on any atom is -0.410 e. The Hall–Kier alpha value is -3.15. The number of rotatable bonds is 4. The van der Waals surface area contributed by atoms with Crippen molar-refractivity contribution in [3.63, 3.8) is 0 Å². The largest absolute Gasteiger partial charge is 0.415 e. The predicted octanol–water partition coefficient (Wildman–Crippen LogP) is 3.31. The molecule has 0 aliphatic carbocycles. The van der Waals surface area contributed by atoms with Crippen LogP contribution < -0.4 is 4.74 Å². The van der Waals surface area contributed by atoms with E-state index in [4.69, 9.17) is 4.74 Å². The van der Waals surface area contributed by atoms with Gasteiger partial charge >= 0.3 is 6.09 Å². The Bertz CT molecular complexity index is 927. The lowest BCUT2D eigenvalue weighted by atomic mass is 10.1. The van der Waals surface area contributed by atoms with Crippen LogP contribution >= 0.6 is 0 Å². The van der Waals surface area contributed by atoms with Gasteiger partial charge < -0.3 is 9.64 Å². The molecule has 6 nitrogen and oxygen atoms in total. The molecule has 0 N–H and O–H groups in total. The summed E-state index contributed by atoms with van der Waals surface area (Å²) in [6.07, 6.45) is 1.80. The number of para-hydroxylation sites is 1. The van der Waals surface area contributed by atoms with E-state index in [1.807, 2.05) is 24.3 Å². The molecule has 0 radical (unpaired) electrons. The number of benzene rings is 2. The molecule has 2 heterocycles. The monoisotopic (exact) mass is 392 g/mol. The first-order chi connectivity index (χ1) is 14.1. The third-order valence-electron chi connectivity index (χ3n) is 5.63. The third kappa shape index (κ3) is 3.62. The number of likely N-dealkylation sites (tertiary alicyclic amines) is 2.